The molecule has 0 radical (unpaired) electrons. The third kappa shape index (κ3) is 2.86. The van der Waals surface area contributed by atoms with Crippen LogP contribution < -0.4 is 14.8 Å². The zero-order valence-electron chi connectivity index (χ0n) is 11.8. The van der Waals surface area contributed by atoms with Crippen molar-refractivity contribution in [2.24, 2.45) is 5.92 Å². The van der Waals surface area contributed by atoms with Gasteiger partial charge in [-0.1, -0.05) is 19.4 Å². The van der Waals surface area contributed by atoms with E-state index in [1.165, 1.54) is 24.8 Å². The first-order valence-corrected chi connectivity index (χ1v) is 7.38. The first-order valence-electron chi connectivity index (χ1n) is 7.38. The fraction of sp³-hybridized carbons (Fsp3) is 0.625. The van der Waals surface area contributed by atoms with Crippen molar-refractivity contribution in [2.45, 2.75) is 45.3 Å². The van der Waals surface area contributed by atoms with Gasteiger partial charge in [0, 0.05) is 12.6 Å². The van der Waals surface area contributed by atoms with Crippen molar-refractivity contribution in [1.82, 2.24) is 5.32 Å². The predicted octanol–water partition coefficient (Wildman–Crippen LogP) is 2.91. The lowest BCUT2D eigenvalue weighted by Crippen LogP contribution is -2.47. The molecule has 1 aliphatic carbocycles. The molecule has 0 amide bonds. The summed E-state index contributed by atoms with van der Waals surface area (Å²) >= 11 is 0. The van der Waals surface area contributed by atoms with E-state index in [0.29, 0.717) is 12.6 Å². The molecule has 1 aromatic carbocycles. The highest BCUT2D eigenvalue weighted by atomic mass is 16.6. The lowest BCUT2D eigenvalue weighted by molar-refractivity contribution is 0.0810. The van der Waals surface area contributed by atoms with E-state index >= 15 is 0 Å². The number of fused-ring (bicyclic) bond motifs is 1. The molecule has 0 aromatic heterocycles. The van der Waals surface area contributed by atoms with E-state index < -0.39 is 0 Å². The minimum atomic E-state index is 0.134. The maximum absolute atomic E-state index is 6.00. The number of ether oxygens (including phenoxy) is 2. The van der Waals surface area contributed by atoms with Crippen LogP contribution in [0.15, 0.2) is 18.2 Å². The number of nitrogens with one attached hydrogen (secondary N) is 1. The van der Waals surface area contributed by atoms with Gasteiger partial charge in [0.2, 0.25) is 0 Å². The maximum atomic E-state index is 6.00. The van der Waals surface area contributed by atoms with Gasteiger partial charge < -0.3 is 14.8 Å². The van der Waals surface area contributed by atoms with E-state index in [9.17, 15) is 0 Å². The van der Waals surface area contributed by atoms with Crippen LogP contribution in [-0.2, 0) is 0 Å². The molecule has 1 atom stereocenters. The predicted molar refractivity (Wildman–Crippen MR) is 75.9 cm³/mol. The van der Waals surface area contributed by atoms with E-state index in [1.54, 1.807) is 0 Å². The van der Waals surface area contributed by atoms with Gasteiger partial charge in [0.15, 0.2) is 11.5 Å². The monoisotopic (exact) mass is 261 g/mol. The van der Waals surface area contributed by atoms with E-state index in [4.69, 9.17) is 9.47 Å². The van der Waals surface area contributed by atoms with Crippen LogP contribution in [0.2, 0.25) is 0 Å². The zero-order valence-corrected chi connectivity index (χ0v) is 11.8. The van der Waals surface area contributed by atoms with Crippen molar-refractivity contribution in [1.29, 1.82) is 0 Å². The van der Waals surface area contributed by atoms with Crippen molar-refractivity contribution >= 4 is 0 Å². The average Bonchev–Trinajstić information content (AvgIpc) is 2.36. The Morgan fingerprint density at radius 3 is 2.89 bits per heavy atom. The summed E-state index contributed by atoms with van der Waals surface area (Å²) in [5.74, 6) is 2.69. The molecule has 1 saturated carbocycles. The Bertz CT molecular complexity index is 440. The summed E-state index contributed by atoms with van der Waals surface area (Å²) in [6.45, 7) is 5.88. The summed E-state index contributed by atoms with van der Waals surface area (Å²) < 4.78 is 11.7. The second-order valence-corrected chi connectivity index (χ2v) is 5.85. The van der Waals surface area contributed by atoms with Crippen LogP contribution in [0, 0.1) is 12.8 Å². The molecule has 3 nitrogen and oxygen atoms in total. The van der Waals surface area contributed by atoms with Crippen LogP contribution in [0.5, 0.6) is 11.5 Å². The van der Waals surface area contributed by atoms with Crippen LogP contribution in [0.1, 0.15) is 31.7 Å². The molecule has 104 valence electrons. The Morgan fingerprint density at radius 1 is 1.26 bits per heavy atom. The molecule has 3 heteroatoms. The van der Waals surface area contributed by atoms with E-state index in [0.717, 1.165) is 24.0 Å². The minimum Gasteiger partial charge on any atom is -0.486 e. The smallest absolute Gasteiger partial charge is 0.162 e. The van der Waals surface area contributed by atoms with Gasteiger partial charge in [-0.3, -0.25) is 0 Å². The van der Waals surface area contributed by atoms with Gasteiger partial charge in [-0.05, 0) is 43.4 Å². The topological polar surface area (TPSA) is 30.5 Å². The SMILES string of the molecule is CCC1CC(NCC2COc3ccc(C)cc3O2)C1. The molecule has 3 rings (SSSR count). The largest absolute Gasteiger partial charge is 0.486 e. The normalized spacial score (nSPS) is 28.8. The second-order valence-electron chi connectivity index (χ2n) is 5.85. The van der Waals surface area contributed by atoms with Gasteiger partial charge in [0.25, 0.3) is 0 Å². The number of hydrogen-bond acceptors (Lipinski definition) is 3. The molecular formula is C16H23NO2. The Labute approximate surface area is 115 Å². The molecule has 1 unspecified atom stereocenters. The molecule has 1 aliphatic heterocycles. The quantitative estimate of drug-likeness (QED) is 0.904. The lowest BCUT2D eigenvalue weighted by atomic mass is 9.78. The third-order valence-corrected chi connectivity index (χ3v) is 4.26. The summed E-state index contributed by atoms with van der Waals surface area (Å²) in [6, 6.07) is 6.79. The molecule has 1 aromatic rings. The molecule has 2 aliphatic rings. The van der Waals surface area contributed by atoms with E-state index in [2.05, 4.69) is 31.3 Å². The fourth-order valence-electron chi connectivity index (χ4n) is 2.86. The van der Waals surface area contributed by atoms with Gasteiger partial charge in [-0.15, -0.1) is 0 Å². The maximum Gasteiger partial charge on any atom is 0.162 e. The van der Waals surface area contributed by atoms with Crippen LogP contribution in [0.3, 0.4) is 0 Å². The van der Waals surface area contributed by atoms with Crippen LogP contribution in [-0.4, -0.2) is 25.3 Å². The van der Waals surface area contributed by atoms with Crippen molar-refractivity contribution in [3.8, 4) is 11.5 Å². The van der Waals surface area contributed by atoms with Gasteiger partial charge in [0.05, 0.1) is 0 Å². The number of aryl methyl sites for hydroxylation is 1. The first-order chi connectivity index (χ1) is 9.24. The highest BCUT2D eigenvalue weighted by molar-refractivity contribution is 5.43. The van der Waals surface area contributed by atoms with Crippen molar-refractivity contribution in [2.75, 3.05) is 13.2 Å². The Hall–Kier alpha value is -1.22. The first kappa shape index (κ1) is 12.8. The van der Waals surface area contributed by atoms with Gasteiger partial charge in [-0.2, -0.15) is 0 Å². The third-order valence-electron chi connectivity index (χ3n) is 4.26. The number of rotatable bonds is 4. The number of benzene rings is 1. The molecule has 0 spiro atoms. The molecule has 1 heterocycles. The number of hydrogen-bond donors (Lipinski definition) is 1. The highest BCUT2D eigenvalue weighted by Crippen LogP contribution is 2.33. The van der Waals surface area contributed by atoms with Crippen molar-refractivity contribution in [3.63, 3.8) is 0 Å². The van der Waals surface area contributed by atoms with Crippen LogP contribution in [0.25, 0.3) is 0 Å². The van der Waals surface area contributed by atoms with Gasteiger partial charge in [-0.25, -0.2) is 0 Å². The van der Waals surface area contributed by atoms with Crippen molar-refractivity contribution in [3.05, 3.63) is 23.8 Å². The Balaban J connectivity index is 1.49. The molecule has 19 heavy (non-hydrogen) atoms. The minimum absolute atomic E-state index is 0.134. The van der Waals surface area contributed by atoms with Gasteiger partial charge in [0.1, 0.15) is 12.7 Å². The summed E-state index contributed by atoms with van der Waals surface area (Å²) in [6.07, 6.45) is 4.09. The Kier molecular flexibility index (Phi) is 3.65. The highest BCUT2D eigenvalue weighted by Gasteiger charge is 2.29. The Morgan fingerprint density at radius 2 is 2.11 bits per heavy atom. The second kappa shape index (κ2) is 5.41. The van der Waals surface area contributed by atoms with Gasteiger partial charge >= 0.3 is 0 Å². The summed E-state index contributed by atoms with van der Waals surface area (Å²) in [5, 5.41) is 3.59. The zero-order chi connectivity index (χ0) is 13.2. The van der Waals surface area contributed by atoms with Crippen LogP contribution in [0.4, 0.5) is 0 Å². The van der Waals surface area contributed by atoms with E-state index in [-0.39, 0.29) is 6.10 Å². The summed E-state index contributed by atoms with van der Waals surface area (Å²) in [7, 11) is 0. The van der Waals surface area contributed by atoms with E-state index in [1.807, 2.05) is 6.07 Å². The van der Waals surface area contributed by atoms with Crippen LogP contribution >= 0.6 is 0 Å². The lowest BCUT2D eigenvalue weighted by Gasteiger charge is -2.37. The molecule has 0 saturated heterocycles. The summed E-state index contributed by atoms with van der Waals surface area (Å²) in [4.78, 5) is 0. The van der Waals surface area contributed by atoms with Crippen molar-refractivity contribution < 1.29 is 9.47 Å². The standard InChI is InChI=1S/C16H23NO2/c1-3-12-7-13(8-12)17-9-14-10-18-15-5-4-11(2)6-16(15)19-14/h4-6,12-14,17H,3,7-10H2,1-2H3. The fourth-order valence-corrected chi connectivity index (χ4v) is 2.86. The molecule has 0 bridgehead atoms. The molecule has 1 fully saturated rings. The average molecular weight is 261 g/mol. The molecule has 1 N–H and O–H groups in total. The summed E-state index contributed by atoms with van der Waals surface area (Å²) in [5.41, 5.74) is 1.21. The molecular weight excluding hydrogens is 238 g/mol.